The molecule has 3 aromatic rings. The maximum absolute atomic E-state index is 12.2. The topological polar surface area (TPSA) is 71.8 Å². The van der Waals surface area contributed by atoms with E-state index >= 15 is 0 Å². The van der Waals surface area contributed by atoms with Crippen molar-refractivity contribution in [1.29, 1.82) is 0 Å². The predicted octanol–water partition coefficient (Wildman–Crippen LogP) is 4.67. The third kappa shape index (κ3) is 3.98. The number of benzene rings is 1. The third-order valence-corrected chi connectivity index (χ3v) is 5.66. The van der Waals surface area contributed by atoms with Crippen LogP contribution in [0.3, 0.4) is 0 Å². The second-order valence-corrected chi connectivity index (χ2v) is 7.65. The fraction of sp³-hybridized carbons (Fsp3) is 0.350. The molecule has 2 heterocycles. The molecule has 2 amide bonds. The number of rotatable bonds is 5. The lowest BCUT2D eigenvalue weighted by molar-refractivity contribution is 0.252. The molecule has 4 rings (SSSR count). The van der Waals surface area contributed by atoms with Crippen LogP contribution in [0.25, 0.3) is 11.2 Å². The number of halogens is 1. The van der Waals surface area contributed by atoms with Crippen LogP contribution in [-0.2, 0) is 6.42 Å². The number of pyridine rings is 1. The zero-order valence-electron chi connectivity index (χ0n) is 15.0. The van der Waals surface area contributed by atoms with Crippen molar-refractivity contribution in [3.63, 3.8) is 0 Å². The standard InChI is InChI=1S/C20H22BrN5O/c21-15-8-3-4-9-16(15)25-20(27)23-13-11-18-24-17-10-5-12-22-19(17)26(18)14-6-1-2-7-14/h3-5,8-10,12,14H,1-2,6-7,11,13H2,(H2,23,25,27). The largest absolute Gasteiger partial charge is 0.337 e. The lowest BCUT2D eigenvalue weighted by Gasteiger charge is -2.16. The van der Waals surface area contributed by atoms with Gasteiger partial charge in [-0.05, 0) is 53.0 Å². The van der Waals surface area contributed by atoms with E-state index in [-0.39, 0.29) is 6.03 Å². The first-order valence-electron chi connectivity index (χ1n) is 9.33. The third-order valence-electron chi connectivity index (χ3n) is 4.97. The first kappa shape index (κ1) is 18.0. The van der Waals surface area contributed by atoms with Gasteiger partial charge in [-0.2, -0.15) is 0 Å². The molecule has 1 fully saturated rings. The summed E-state index contributed by atoms with van der Waals surface area (Å²) in [5.74, 6) is 0.997. The molecule has 0 atom stereocenters. The number of anilines is 1. The molecule has 0 bridgehead atoms. The van der Waals surface area contributed by atoms with E-state index in [2.05, 4.69) is 36.1 Å². The highest BCUT2D eigenvalue weighted by Gasteiger charge is 2.23. The highest BCUT2D eigenvalue weighted by atomic mass is 79.9. The van der Waals surface area contributed by atoms with E-state index < -0.39 is 0 Å². The van der Waals surface area contributed by atoms with Crippen molar-refractivity contribution in [2.45, 2.75) is 38.1 Å². The lowest BCUT2D eigenvalue weighted by Crippen LogP contribution is -2.31. The molecule has 2 aromatic heterocycles. The van der Waals surface area contributed by atoms with E-state index in [9.17, 15) is 4.79 Å². The van der Waals surface area contributed by atoms with Crippen molar-refractivity contribution in [2.24, 2.45) is 0 Å². The number of fused-ring (bicyclic) bond motifs is 1. The van der Waals surface area contributed by atoms with E-state index in [1.54, 1.807) is 0 Å². The Morgan fingerprint density at radius 2 is 2.00 bits per heavy atom. The molecular formula is C20H22BrN5O. The van der Waals surface area contributed by atoms with Gasteiger partial charge in [-0.15, -0.1) is 0 Å². The van der Waals surface area contributed by atoms with Crippen LogP contribution in [-0.4, -0.2) is 27.1 Å². The number of nitrogens with zero attached hydrogens (tertiary/aromatic N) is 3. The molecule has 1 saturated carbocycles. The average molecular weight is 428 g/mol. The van der Waals surface area contributed by atoms with Crippen LogP contribution >= 0.6 is 15.9 Å². The molecule has 0 saturated heterocycles. The van der Waals surface area contributed by atoms with Gasteiger partial charge in [-0.25, -0.2) is 14.8 Å². The van der Waals surface area contributed by atoms with Gasteiger partial charge >= 0.3 is 6.03 Å². The predicted molar refractivity (Wildman–Crippen MR) is 110 cm³/mol. The van der Waals surface area contributed by atoms with Gasteiger partial charge in [0.1, 0.15) is 11.3 Å². The van der Waals surface area contributed by atoms with E-state index in [0.717, 1.165) is 27.1 Å². The molecule has 140 valence electrons. The lowest BCUT2D eigenvalue weighted by atomic mass is 10.2. The molecular weight excluding hydrogens is 406 g/mol. The van der Waals surface area contributed by atoms with Gasteiger partial charge in [0.05, 0.1) is 5.69 Å². The van der Waals surface area contributed by atoms with Gasteiger partial charge in [0, 0.05) is 29.7 Å². The van der Waals surface area contributed by atoms with Gasteiger partial charge in [-0.1, -0.05) is 25.0 Å². The van der Waals surface area contributed by atoms with Crippen molar-refractivity contribution in [3.8, 4) is 0 Å². The highest BCUT2D eigenvalue weighted by molar-refractivity contribution is 9.10. The number of aromatic nitrogens is 3. The van der Waals surface area contributed by atoms with Crippen molar-refractivity contribution in [1.82, 2.24) is 19.9 Å². The number of hydrogen-bond donors (Lipinski definition) is 2. The van der Waals surface area contributed by atoms with Crippen LogP contribution in [0.5, 0.6) is 0 Å². The normalized spacial score (nSPS) is 14.6. The molecule has 0 aliphatic heterocycles. The number of carbonyl (C=O) groups is 1. The Bertz CT molecular complexity index is 948. The highest BCUT2D eigenvalue weighted by Crippen LogP contribution is 2.33. The van der Waals surface area contributed by atoms with Crippen molar-refractivity contribution >= 4 is 38.8 Å². The SMILES string of the molecule is O=C(NCCc1nc2cccnc2n1C1CCCC1)Nc1ccccc1Br. The number of nitrogens with one attached hydrogen (secondary N) is 2. The molecule has 27 heavy (non-hydrogen) atoms. The minimum Gasteiger partial charge on any atom is -0.337 e. The number of amides is 2. The Morgan fingerprint density at radius 3 is 2.81 bits per heavy atom. The van der Waals surface area contributed by atoms with Crippen LogP contribution in [0.15, 0.2) is 47.1 Å². The Kier molecular flexibility index (Phi) is 5.38. The first-order valence-corrected chi connectivity index (χ1v) is 10.1. The number of urea groups is 1. The second-order valence-electron chi connectivity index (χ2n) is 6.79. The molecule has 7 heteroatoms. The monoisotopic (exact) mass is 427 g/mol. The summed E-state index contributed by atoms with van der Waals surface area (Å²) in [5, 5.41) is 5.78. The van der Waals surface area contributed by atoms with Crippen LogP contribution in [0, 0.1) is 0 Å². The van der Waals surface area contributed by atoms with E-state index in [4.69, 9.17) is 4.98 Å². The molecule has 2 N–H and O–H groups in total. The van der Waals surface area contributed by atoms with E-state index in [0.29, 0.717) is 19.0 Å². The Balaban J connectivity index is 1.43. The van der Waals surface area contributed by atoms with E-state index in [1.807, 2.05) is 42.6 Å². The molecule has 0 unspecified atom stereocenters. The summed E-state index contributed by atoms with van der Waals surface area (Å²) < 4.78 is 3.14. The minimum absolute atomic E-state index is 0.219. The van der Waals surface area contributed by atoms with Gasteiger partial charge in [0.25, 0.3) is 0 Å². The maximum Gasteiger partial charge on any atom is 0.319 e. The minimum atomic E-state index is -0.219. The van der Waals surface area contributed by atoms with Crippen LogP contribution < -0.4 is 10.6 Å². The number of imidazole rings is 1. The van der Waals surface area contributed by atoms with Crippen LogP contribution in [0.4, 0.5) is 10.5 Å². The second kappa shape index (κ2) is 8.08. The number of hydrogen-bond acceptors (Lipinski definition) is 3. The molecule has 0 spiro atoms. The van der Waals surface area contributed by atoms with Gasteiger partial charge in [-0.3, -0.25) is 0 Å². The zero-order chi connectivity index (χ0) is 18.6. The molecule has 0 radical (unpaired) electrons. The van der Waals surface area contributed by atoms with Crippen LogP contribution in [0.2, 0.25) is 0 Å². The van der Waals surface area contributed by atoms with Gasteiger partial charge in [0.2, 0.25) is 0 Å². The summed E-state index contributed by atoms with van der Waals surface area (Å²) in [7, 11) is 0. The summed E-state index contributed by atoms with van der Waals surface area (Å²) in [5.41, 5.74) is 2.63. The summed E-state index contributed by atoms with van der Waals surface area (Å²) in [6.07, 6.45) is 7.35. The summed E-state index contributed by atoms with van der Waals surface area (Å²) >= 11 is 3.43. The maximum atomic E-state index is 12.2. The summed E-state index contributed by atoms with van der Waals surface area (Å²) in [6, 6.07) is 11.7. The average Bonchev–Trinajstić information content (AvgIpc) is 3.30. The quantitative estimate of drug-likeness (QED) is 0.620. The number of para-hydroxylation sites is 1. The van der Waals surface area contributed by atoms with E-state index in [1.165, 1.54) is 25.7 Å². The van der Waals surface area contributed by atoms with Gasteiger partial charge < -0.3 is 15.2 Å². The zero-order valence-corrected chi connectivity index (χ0v) is 16.6. The Hall–Kier alpha value is -2.41. The first-order chi connectivity index (χ1) is 13.2. The summed E-state index contributed by atoms with van der Waals surface area (Å²) in [4.78, 5) is 21.5. The van der Waals surface area contributed by atoms with Gasteiger partial charge in [0.15, 0.2) is 5.65 Å². The smallest absolute Gasteiger partial charge is 0.319 e. The fourth-order valence-corrected chi connectivity index (χ4v) is 4.10. The Morgan fingerprint density at radius 1 is 1.19 bits per heavy atom. The molecule has 1 aliphatic carbocycles. The van der Waals surface area contributed by atoms with Crippen molar-refractivity contribution in [3.05, 3.63) is 52.9 Å². The van der Waals surface area contributed by atoms with Crippen molar-refractivity contribution in [2.75, 3.05) is 11.9 Å². The summed E-state index contributed by atoms with van der Waals surface area (Å²) in [6.45, 7) is 0.520. The molecule has 1 aliphatic rings. The Labute approximate surface area is 166 Å². The number of carbonyl (C=O) groups excluding carboxylic acids is 1. The molecule has 6 nitrogen and oxygen atoms in total. The molecule has 1 aromatic carbocycles. The fourth-order valence-electron chi connectivity index (χ4n) is 3.72. The van der Waals surface area contributed by atoms with Crippen molar-refractivity contribution < 1.29 is 4.79 Å². The van der Waals surface area contributed by atoms with Crippen LogP contribution in [0.1, 0.15) is 37.5 Å².